The van der Waals surface area contributed by atoms with E-state index in [4.69, 9.17) is 5.26 Å². The lowest BCUT2D eigenvalue weighted by Crippen LogP contribution is -1.87. The summed E-state index contributed by atoms with van der Waals surface area (Å²) in [6, 6.07) is 15.9. The lowest BCUT2D eigenvalue weighted by atomic mass is 10.0. The van der Waals surface area contributed by atoms with Crippen molar-refractivity contribution in [2.24, 2.45) is 0 Å². The van der Waals surface area contributed by atoms with Crippen molar-refractivity contribution < 1.29 is 0 Å². The molecule has 80 valence electrons. The molecule has 3 nitrogen and oxygen atoms in total. The van der Waals surface area contributed by atoms with Crippen molar-refractivity contribution in [3.8, 4) is 17.2 Å². The molecule has 0 aliphatic heterocycles. The van der Waals surface area contributed by atoms with E-state index < -0.39 is 0 Å². The molecule has 1 aromatic carbocycles. The monoisotopic (exact) mass is 219 g/mol. The molecule has 0 atom stereocenters. The number of hydrogen-bond acceptors (Lipinski definition) is 2. The lowest BCUT2D eigenvalue weighted by molar-refractivity contribution is 1.28. The Morgan fingerprint density at radius 2 is 1.94 bits per heavy atom. The van der Waals surface area contributed by atoms with E-state index in [0.29, 0.717) is 5.69 Å². The van der Waals surface area contributed by atoms with Gasteiger partial charge in [0.15, 0.2) is 0 Å². The van der Waals surface area contributed by atoms with Gasteiger partial charge in [0, 0.05) is 11.6 Å². The standard InChI is InChI=1S/C14H9N3/c15-9-11-8-13(10-4-2-1-3-5-10)12-6-7-16-14(12)17-11/h1-8H,(H,16,17). The summed E-state index contributed by atoms with van der Waals surface area (Å²) in [5.41, 5.74) is 3.31. The van der Waals surface area contributed by atoms with Crippen LogP contribution in [0, 0.1) is 11.3 Å². The van der Waals surface area contributed by atoms with E-state index >= 15 is 0 Å². The SMILES string of the molecule is N#Cc1cc(-c2ccccc2)c2cc[nH]c2n1. The summed E-state index contributed by atoms with van der Waals surface area (Å²) in [5, 5.41) is 10.0. The van der Waals surface area contributed by atoms with Gasteiger partial charge in [0.25, 0.3) is 0 Å². The molecular formula is C14H9N3. The van der Waals surface area contributed by atoms with Crippen LogP contribution in [-0.4, -0.2) is 9.97 Å². The molecule has 0 aliphatic rings. The number of aromatic nitrogens is 2. The van der Waals surface area contributed by atoms with E-state index in [9.17, 15) is 0 Å². The van der Waals surface area contributed by atoms with Crippen LogP contribution in [0.5, 0.6) is 0 Å². The molecule has 3 heteroatoms. The number of hydrogen-bond donors (Lipinski definition) is 1. The van der Waals surface area contributed by atoms with Crippen molar-refractivity contribution in [1.82, 2.24) is 9.97 Å². The van der Waals surface area contributed by atoms with Crippen LogP contribution in [0.3, 0.4) is 0 Å². The van der Waals surface area contributed by atoms with E-state index in [-0.39, 0.29) is 0 Å². The topological polar surface area (TPSA) is 52.5 Å². The molecule has 0 saturated carbocycles. The Labute approximate surface area is 98.4 Å². The third kappa shape index (κ3) is 1.56. The highest BCUT2D eigenvalue weighted by atomic mass is 14.8. The fourth-order valence-electron chi connectivity index (χ4n) is 1.95. The van der Waals surface area contributed by atoms with Crippen molar-refractivity contribution >= 4 is 11.0 Å². The molecule has 0 unspecified atom stereocenters. The molecule has 0 amide bonds. The van der Waals surface area contributed by atoms with E-state index in [0.717, 1.165) is 22.2 Å². The van der Waals surface area contributed by atoms with Crippen LogP contribution in [0.15, 0.2) is 48.7 Å². The van der Waals surface area contributed by atoms with Crippen LogP contribution in [-0.2, 0) is 0 Å². The first-order valence-corrected chi connectivity index (χ1v) is 5.32. The third-order valence-corrected chi connectivity index (χ3v) is 2.73. The molecule has 3 aromatic rings. The van der Waals surface area contributed by atoms with Crippen LogP contribution < -0.4 is 0 Å². The third-order valence-electron chi connectivity index (χ3n) is 2.73. The second-order valence-electron chi connectivity index (χ2n) is 3.77. The van der Waals surface area contributed by atoms with E-state index in [1.165, 1.54) is 0 Å². The Morgan fingerprint density at radius 3 is 2.71 bits per heavy atom. The lowest BCUT2D eigenvalue weighted by Gasteiger charge is -2.03. The maximum absolute atomic E-state index is 8.98. The Morgan fingerprint density at radius 1 is 1.12 bits per heavy atom. The molecule has 3 rings (SSSR count). The summed E-state index contributed by atoms with van der Waals surface area (Å²) < 4.78 is 0. The fraction of sp³-hybridized carbons (Fsp3) is 0. The minimum atomic E-state index is 0.429. The van der Waals surface area contributed by atoms with Gasteiger partial charge in [0.2, 0.25) is 0 Å². The van der Waals surface area contributed by atoms with Gasteiger partial charge in [-0.1, -0.05) is 30.3 Å². The van der Waals surface area contributed by atoms with E-state index in [2.05, 4.69) is 16.0 Å². The van der Waals surface area contributed by atoms with Crippen molar-refractivity contribution in [3.63, 3.8) is 0 Å². The van der Waals surface area contributed by atoms with Crippen LogP contribution in [0.2, 0.25) is 0 Å². The summed E-state index contributed by atoms with van der Waals surface area (Å²) in [7, 11) is 0. The van der Waals surface area contributed by atoms with E-state index in [1.54, 1.807) is 0 Å². The Kier molecular flexibility index (Phi) is 2.13. The highest BCUT2D eigenvalue weighted by Crippen LogP contribution is 2.27. The van der Waals surface area contributed by atoms with Crippen molar-refractivity contribution in [3.05, 3.63) is 54.4 Å². The van der Waals surface area contributed by atoms with Gasteiger partial charge in [0.1, 0.15) is 17.4 Å². The summed E-state index contributed by atoms with van der Waals surface area (Å²) in [6.45, 7) is 0. The minimum Gasteiger partial charge on any atom is -0.346 e. The molecule has 0 bridgehead atoms. The molecule has 0 spiro atoms. The number of fused-ring (bicyclic) bond motifs is 1. The van der Waals surface area contributed by atoms with Gasteiger partial charge in [0.05, 0.1) is 0 Å². The van der Waals surface area contributed by atoms with Crippen LogP contribution >= 0.6 is 0 Å². The predicted octanol–water partition coefficient (Wildman–Crippen LogP) is 3.10. The maximum Gasteiger partial charge on any atom is 0.143 e. The van der Waals surface area contributed by atoms with Gasteiger partial charge >= 0.3 is 0 Å². The number of nitrogens with one attached hydrogen (secondary N) is 1. The zero-order chi connectivity index (χ0) is 11.7. The zero-order valence-electron chi connectivity index (χ0n) is 9.01. The normalized spacial score (nSPS) is 10.3. The van der Waals surface area contributed by atoms with Gasteiger partial charge in [-0.2, -0.15) is 5.26 Å². The highest BCUT2D eigenvalue weighted by molar-refractivity contribution is 5.93. The van der Waals surface area contributed by atoms with Crippen molar-refractivity contribution in [2.45, 2.75) is 0 Å². The highest BCUT2D eigenvalue weighted by Gasteiger charge is 2.07. The minimum absolute atomic E-state index is 0.429. The first-order valence-electron chi connectivity index (χ1n) is 5.32. The number of nitrogens with zero attached hydrogens (tertiary/aromatic N) is 2. The molecule has 0 aliphatic carbocycles. The van der Waals surface area contributed by atoms with Gasteiger partial charge in [-0.05, 0) is 23.3 Å². The molecule has 2 aromatic heterocycles. The van der Waals surface area contributed by atoms with Crippen LogP contribution in [0.4, 0.5) is 0 Å². The molecular weight excluding hydrogens is 210 g/mol. The molecule has 0 fully saturated rings. The Hall–Kier alpha value is -2.60. The van der Waals surface area contributed by atoms with Crippen LogP contribution in [0.25, 0.3) is 22.2 Å². The number of aromatic amines is 1. The smallest absolute Gasteiger partial charge is 0.143 e. The summed E-state index contributed by atoms with van der Waals surface area (Å²) in [4.78, 5) is 7.27. The fourth-order valence-corrected chi connectivity index (χ4v) is 1.95. The first kappa shape index (κ1) is 9.61. The Bertz CT molecular complexity index is 705. The van der Waals surface area contributed by atoms with Gasteiger partial charge in [-0.3, -0.25) is 0 Å². The quantitative estimate of drug-likeness (QED) is 0.683. The van der Waals surface area contributed by atoms with Crippen molar-refractivity contribution in [1.29, 1.82) is 5.26 Å². The largest absolute Gasteiger partial charge is 0.346 e. The summed E-state index contributed by atoms with van der Waals surface area (Å²) >= 11 is 0. The van der Waals surface area contributed by atoms with E-state index in [1.807, 2.05) is 48.7 Å². The summed E-state index contributed by atoms with van der Waals surface area (Å²) in [6.07, 6.45) is 1.84. The Balaban J connectivity index is 2.35. The molecule has 1 N–H and O–H groups in total. The first-order chi connectivity index (χ1) is 8.38. The molecule has 2 heterocycles. The molecule has 0 radical (unpaired) electrons. The number of H-pyrrole nitrogens is 1. The van der Waals surface area contributed by atoms with Crippen molar-refractivity contribution in [2.75, 3.05) is 0 Å². The summed E-state index contributed by atoms with van der Waals surface area (Å²) in [5.74, 6) is 0. The molecule has 17 heavy (non-hydrogen) atoms. The second-order valence-corrected chi connectivity index (χ2v) is 3.77. The average Bonchev–Trinajstić information content (AvgIpc) is 2.86. The van der Waals surface area contributed by atoms with Gasteiger partial charge < -0.3 is 4.98 Å². The average molecular weight is 219 g/mol. The number of nitriles is 1. The number of rotatable bonds is 1. The maximum atomic E-state index is 8.98. The van der Waals surface area contributed by atoms with Crippen LogP contribution in [0.1, 0.15) is 5.69 Å². The van der Waals surface area contributed by atoms with Gasteiger partial charge in [-0.25, -0.2) is 4.98 Å². The predicted molar refractivity (Wildman–Crippen MR) is 66.2 cm³/mol. The van der Waals surface area contributed by atoms with Gasteiger partial charge in [-0.15, -0.1) is 0 Å². The number of benzene rings is 1. The zero-order valence-corrected chi connectivity index (χ0v) is 9.01. The number of pyridine rings is 1. The molecule has 0 saturated heterocycles. The second kappa shape index (κ2) is 3.76.